The Bertz CT molecular complexity index is 291. The zero-order chi connectivity index (χ0) is 9.84. The number of rotatable bonds is 3. The van der Waals surface area contributed by atoms with E-state index in [1.165, 1.54) is 13.2 Å². The maximum Gasteiger partial charge on any atom is 0.268 e. The van der Waals surface area contributed by atoms with Crippen LogP contribution in [0.2, 0.25) is 0 Å². The van der Waals surface area contributed by atoms with Crippen LogP contribution in [-0.2, 0) is 6.54 Å². The molecular weight excluding hydrogens is 178 g/mol. The van der Waals surface area contributed by atoms with Gasteiger partial charge in [-0.1, -0.05) is 0 Å². The van der Waals surface area contributed by atoms with Gasteiger partial charge in [-0.25, -0.2) is 8.78 Å². The normalized spacial score (nSPS) is 10.5. The first-order valence-corrected chi connectivity index (χ1v) is 3.70. The van der Waals surface area contributed by atoms with Crippen molar-refractivity contribution in [1.82, 2.24) is 4.98 Å². The number of pyridine rings is 1. The van der Waals surface area contributed by atoms with Crippen molar-refractivity contribution >= 4 is 0 Å². The second-order valence-electron chi connectivity index (χ2n) is 2.42. The van der Waals surface area contributed by atoms with Crippen LogP contribution in [0.5, 0.6) is 5.75 Å². The molecule has 1 aromatic rings. The first kappa shape index (κ1) is 9.85. The summed E-state index contributed by atoms with van der Waals surface area (Å²) in [6, 6.07) is 1.42. The second-order valence-corrected chi connectivity index (χ2v) is 2.42. The summed E-state index contributed by atoms with van der Waals surface area (Å²) in [7, 11) is 1.33. The topological polar surface area (TPSA) is 48.1 Å². The van der Waals surface area contributed by atoms with Crippen LogP contribution in [0.15, 0.2) is 12.3 Å². The number of ether oxygens (including phenoxy) is 1. The standard InChI is InChI=1S/C8H10F2N2O/c1-13-7-2-5(3-11)12-4-6(7)8(9)10/h2,4,8H,3,11H2,1H3. The van der Waals surface area contributed by atoms with Crippen molar-refractivity contribution in [3.63, 3.8) is 0 Å². The molecule has 13 heavy (non-hydrogen) atoms. The van der Waals surface area contributed by atoms with Gasteiger partial charge in [0.1, 0.15) is 5.75 Å². The fraction of sp³-hybridized carbons (Fsp3) is 0.375. The van der Waals surface area contributed by atoms with Crippen LogP contribution >= 0.6 is 0 Å². The minimum atomic E-state index is -2.57. The first-order chi connectivity index (χ1) is 6.19. The number of nitrogens with two attached hydrogens (primary N) is 1. The third kappa shape index (κ3) is 2.12. The average molecular weight is 188 g/mol. The predicted octanol–water partition coefficient (Wildman–Crippen LogP) is 1.49. The molecule has 0 aliphatic heterocycles. The van der Waals surface area contributed by atoms with Crippen molar-refractivity contribution in [3.8, 4) is 5.75 Å². The molecule has 2 N–H and O–H groups in total. The summed E-state index contributed by atoms with van der Waals surface area (Å²) >= 11 is 0. The molecule has 0 saturated carbocycles. The molecule has 1 aromatic heterocycles. The third-order valence-electron chi connectivity index (χ3n) is 1.62. The summed E-state index contributed by atoms with van der Waals surface area (Å²) in [6.45, 7) is 0.208. The van der Waals surface area contributed by atoms with Crippen LogP contribution in [0.1, 0.15) is 17.7 Å². The molecule has 5 heteroatoms. The van der Waals surface area contributed by atoms with Crippen LogP contribution in [-0.4, -0.2) is 12.1 Å². The van der Waals surface area contributed by atoms with Crippen molar-refractivity contribution in [2.75, 3.05) is 7.11 Å². The largest absolute Gasteiger partial charge is 0.496 e. The summed E-state index contributed by atoms with van der Waals surface area (Å²) < 4.78 is 29.4. The van der Waals surface area contributed by atoms with E-state index in [1.807, 2.05) is 0 Å². The molecule has 1 heterocycles. The number of hydrogen-bond donors (Lipinski definition) is 1. The SMILES string of the molecule is COc1cc(CN)ncc1C(F)F. The molecular formula is C8H10F2N2O. The maximum atomic E-state index is 12.3. The highest BCUT2D eigenvalue weighted by atomic mass is 19.3. The van der Waals surface area contributed by atoms with E-state index >= 15 is 0 Å². The Balaban J connectivity index is 3.08. The van der Waals surface area contributed by atoms with Crippen LogP contribution in [0, 0.1) is 0 Å². The van der Waals surface area contributed by atoms with E-state index in [-0.39, 0.29) is 17.9 Å². The Kier molecular flexibility index (Phi) is 3.13. The lowest BCUT2D eigenvalue weighted by atomic mass is 10.2. The van der Waals surface area contributed by atoms with Crippen molar-refractivity contribution in [1.29, 1.82) is 0 Å². The molecule has 0 saturated heterocycles. The van der Waals surface area contributed by atoms with Crippen LogP contribution in [0.4, 0.5) is 8.78 Å². The van der Waals surface area contributed by atoms with Gasteiger partial charge in [-0.05, 0) is 0 Å². The van der Waals surface area contributed by atoms with Crippen molar-refractivity contribution < 1.29 is 13.5 Å². The highest BCUT2D eigenvalue weighted by Gasteiger charge is 2.14. The molecule has 72 valence electrons. The number of hydrogen-bond acceptors (Lipinski definition) is 3. The van der Waals surface area contributed by atoms with Gasteiger partial charge in [0.2, 0.25) is 0 Å². The summed E-state index contributed by atoms with van der Waals surface area (Å²) in [4.78, 5) is 3.74. The van der Waals surface area contributed by atoms with Crippen molar-refractivity contribution in [2.24, 2.45) is 5.73 Å². The molecule has 0 aliphatic rings. The van der Waals surface area contributed by atoms with E-state index < -0.39 is 6.43 Å². The first-order valence-electron chi connectivity index (χ1n) is 3.70. The molecule has 0 aliphatic carbocycles. The van der Waals surface area contributed by atoms with Crippen molar-refractivity contribution in [3.05, 3.63) is 23.5 Å². The Morgan fingerprint density at radius 1 is 1.62 bits per heavy atom. The van der Waals surface area contributed by atoms with Gasteiger partial charge in [0, 0.05) is 18.8 Å². The Morgan fingerprint density at radius 3 is 2.77 bits per heavy atom. The Morgan fingerprint density at radius 2 is 2.31 bits per heavy atom. The molecule has 0 unspecified atom stereocenters. The molecule has 0 atom stereocenters. The van der Waals surface area contributed by atoms with Gasteiger partial charge >= 0.3 is 0 Å². The molecule has 0 amide bonds. The molecule has 0 spiro atoms. The maximum absolute atomic E-state index is 12.3. The van der Waals surface area contributed by atoms with Gasteiger partial charge in [0.05, 0.1) is 18.4 Å². The van der Waals surface area contributed by atoms with Crippen LogP contribution in [0.25, 0.3) is 0 Å². The van der Waals surface area contributed by atoms with Gasteiger partial charge in [-0.15, -0.1) is 0 Å². The lowest BCUT2D eigenvalue weighted by molar-refractivity contribution is 0.146. The van der Waals surface area contributed by atoms with Crippen LogP contribution < -0.4 is 10.5 Å². The van der Waals surface area contributed by atoms with E-state index in [0.29, 0.717) is 5.69 Å². The predicted molar refractivity (Wildman–Crippen MR) is 43.6 cm³/mol. The highest BCUT2D eigenvalue weighted by molar-refractivity contribution is 5.33. The van der Waals surface area contributed by atoms with Gasteiger partial charge in [0.25, 0.3) is 6.43 Å². The quantitative estimate of drug-likeness (QED) is 0.781. The number of halogens is 2. The zero-order valence-electron chi connectivity index (χ0n) is 7.13. The van der Waals surface area contributed by atoms with E-state index in [2.05, 4.69) is 4.98 Å². The minimum absolute atomic E-state index is 0.130. The Hall–Kier alpha value is -1.23. The van der Waals surface area contributed by atoms with Gasteiger partial charge in [0.15, 0.2) is 0 Å². The average Bonchev–Trinajstić information content (AvgIpc) is 2.16. The van der Waals surface area contributed by atoms with Gasteiger partial charge in [-0.3, -0.25) is 4.98 Å². The highest BCUT2D eigenvalue weighted by Crippen LogP contribution is 2.28. The van der Waals surface area contributed by atoms with E-state index in [0.717, 1.165) is 6.20 Å². The van der Waals surface area contributed by atoms with Crippen molar-refractivity contribution in [2.45, 2.75) is 13.0 Å². The summed E-state index contributed by atoms with van der Waals surface area (Å²) in [6.07, 6.45) is -1.49. The number of methoxy groups -OCH3 is 1. The number of nitrogens with zero attached hydrogens (tertiary/aromatic N) is 1. The molecule has 0 aromatic carbocycles. The number of aromatic nitrogens is 1. The van der Waals surface area contributed by atoms with E-state index in [1.54, 1.807) is 0 Å². The molecule has 0 fully saturated rings. The van der Waals surface area contributed by atoms with E-state index in [4.69, 9.17) is 10.5 Å². The lowest BCUT2D eigenvalue weighted by Gasteiger charge is -2.07. The Labute approximate surface area is 74.5 Å². The summed E-state index contributed by atoms with van der Waals surface area (Å²) in [5.74, 6) is 0.130. The van der Waals surface area contributed by atoms with Crippen LogP contribution in [0.3, 0.4) is 0 Å². The molecule has 1 rings (SSSR count). The van der Waals surface area contributed by atoms with Gasteiger partial charge in [-0.2, -0.15) is 0 Å². The zero-order valence-corrected chi connectivity index (χ0v) is 7.13. The fourth-order valence-corrected chi connectivity index (χ4v) is 0.940. The molecule has 0 bridgehead atoms. The molecule has 3 nitrogen and oxygen atoms in total. The fourth-order valence-electron chi connectivity index (χ4n) is 0.940. The van der Waals surface area contributed by atoms with E-state index in [9.17, 15) is 8.78 Å². The lowest BCUT2D eigenvalue weighted by Crippen LogP contribution is -2.02. The summed E-state index contributed by atoms with van der Waals surface area (Å²) in [5, 5.41) is 0. The summed E-state index contributed by atoms with van der Waals surface area (Å²) in [5.41, 5.74) is 5.61. The van der Waals surface area contributed by atoms with Gasteiger partial charge < -0.3 is 10.5 Å². The third-order valence-corrected chi connectivity index (χ3v) is 1.62. The monoisotopic (exact) mass is 188 g/mol. The smallest absolute Gasteiger partial charge is 0.268 e. The minimum Gasteiger partial charge on any atom is -0.496 e. The second kappa shape index (κ2) is 4.13. The number of alkyl halides is 2. The molecule has 0 radical (unpaired) electrons.